The largest absolute Gasteiger partial charge is 0.466 e. The van der Waals surface area contributed by atoms with Gasteiger partial charge in [-0.05, 0) is 6.42 Å². The summed E-state index contributed by atoms with van der Waals surface area (Å²) < 4.78 is 4.81. The van der Waals surface area contributed by atoms with Crippen molar-refractivity contribution in [1.29, 1.82) is 0 Å². The summed E-state index contributed by atoms with van der Waals surface area (Å²) in [5.74, 6) is -2.16. The molecule has 0 saturated heterocycles. The van der Waals surface area contributed by atoms with Crippen LogP contribution in [-0.2, 0) is 28.9 Å². The predicted molar refractivity (Wildman–Crippen MR) is 57.5 cm³/mol. The minimum Gasteiger partial charge on any atom is -0.466 e. The Morgan fingerprint density at radius 3 is 2.35 bits per heavy atom. The molecule has 0 N–H and O–H groups in total. The maximum Gasteiger partial charge on any atom is 0.378 e. The van der Waals surface area contributed by atoms with Crippen LogP contribution in [0, 0.1) is 0 Å². The molecular weight excluding hydrogens is 228 g/mol. The van der Waals surface area contributed by atoms with Crippen molar-refractivity contribution in [2.75, 3.05) is 6.61 Å². The maximum absolute atomic E-state index is 11.1. The predicted octanol–water partition coefficient (Wildman–Crippen LogP) is 1.30. The normalized spacial score (nSPS) is 9.24. The van der Waals surface area contributed by atoms with Crippen LogP contribution in [0.5, 0.6) is 0 Å². The summed E-state index contributed by atoms with van der Waals surface area (Å²) in [4.78, 5) is 40.7. The third-order valence-electron chi connectivity index (χ3n) is 1.68. The van der Waals surface area contributed by atoms with Crippen LogP contribution in [0.15, 0.2) is 12.7 Å². The average molecular weight is 244 g/mol. The lowest BCUT2D eigenvalue weighted by Crippen LogP contribution is -2.12. The minimum absolute atomic E-state index is 0.103. The first-order valence-corrected chi connectivity index (χ1v) is 5.29. The highest BCUT2D eigenvalue weighted by molar-refractivity contribution is 5.82. The lowest BCUT2D eigenvalue weighted by atomic mass is 10.3. The first-order valence-electron chi connectivity index (χ1n) is 5.29. The van der Waals surface area contributed by atoms with Crippen LogP contribution < -0.4 is 0 Å². The molecule has 0 spiro atoms. The van der Waals surface area contributed by atoms with Crippen LogP contribution in [0.3, 0.4) is 0 Å². The fourth-order valence-electron chi connectivity index (χ4n) is 0.770. The summed E-state index contributed by atoms with van der Waals surface area (Å²) >= 11 is 0. The van der Waals surface area contributed by atoms with E-state index in [1.54, 1.807) is 0 Å². The molecule has 6 nitrogen and oxygen atoms in total. The van der Waals surface area contributed by atoms with Crippen molar-refractivity contribution in [2.24, 2.45) is 0 Å². The topological polar surface area (TPSA) is 78.9 Å². The number of carbonyl (C=O) groups excluding carboxylic acids is 3. The fourth-order valence-corrected chi connectivity index (χ4v) is 0.770. The molecule has 96 valence electrons. The third-order valence-corrected chi connectivity index (χ3v) is 1.68. The quantitative estimate of drug-likeness (QED) is 0.221. The van der Waals surface area contributed by atoms with Gasteiger partial charge in [-0.1, -0.05) is 19.9 Å². The van der Waals surface area contributed by atoms with E-state index in [0.717, 1.165) is 18.9 Å². The van der Waals surface area contributed by atoms with Crippen LogP contribution in [0.1, 0.15) is 32.6 Å². The Morgan fingerprint density at radius 1 is 1.12 bits per heavy atom. The van der Waals surface area contributed by atoms with Crippen LogP contribution in [0.2, 0.25) is 0 Å². The van der Waals surface area contributed by atoms with Crippen LogP contribution >= 0.6 is 0 Å². The Balaban J connectivity index is 3.58. The zero-order valence-corrected chi connectivity index (χ0v) is 9.77. The Kier molecular flexibility index (Phi) is 8.36. The number of carbonyl (C=O) groups is 3. The van der Waals surface area contributed by atoms with E-state index in [0.29, 0.717) is 6.61 Å². The molecule has 6 heteroatoms. The fraction of sp³-hybridized carbons (Fsp3) is 0.545. The lowest BCUT2D eigenvalue weighted by Gasteiger charge is -2.03. The highest BCUT2D eigenvalue weighted by Crippen LogP contribution is 1.98. The molecule has 0 aromatic rings. The van der Waals surface area contributed by atoms with Gasteiger partial charge in [-0.3, -0.25) is 4.79 Å². The van der Waals surface area contributed by atoms with E-state index in [2.05, 4.69) is 16.4 Å². The zero-order chi connectivity index (χ0) is 13.1. The summed E-state index contributed by atoms with van der Waals surface area (Å²) in [6.07, 6.45) is 2.26. The Labute approximate surface area is 99.5 Å². The molecule has 0 aliphatic rings. The van der Waals surface area contributed by atoms with Gasteiger partial charge in [0.15, 0.2) is 0 Å². The molecule has 0 aromatic carbocycles. The van der Waals surface area contributed by atoms with Gasteiger partial charge in [0, 0.05) is 6.08 Å². The lowest BCUT2D eigenvalue weighted by molar-refractivity contribution is -0.255. The number of unbranched alkanes of at least 4 members (excludes halogenated alkanes) is 1. The molecule has 0 rings (SSSR count). The Hall–Kier alpha value is -1.85. The second-order valence-corrected chi connectivity index (χ2v) is 3.14. The molecule has 0 unspecified atom stereocenters. The van der Waals surface area contributed by atoms with E-state index >= 15 is 0 Å². The molecule has 0 atom stereocenters. The first kappa shape index (κ1) is 15.2. The van der Waals surface area contributed by atoms with Gasteiger partial charge in [0.25, 0.3) is 0 Å². The second-order valence-electron chi connectivity index (χ2n) is 3.14. The van der Waals surface area contributed by atoms with Gasteiger partial charge >= 0.3 is 17.9 Å². The summed E-state index contributed by atoms with van der Waals surface area (Å²) in [5.41, 5.74) is 0. The van der Waals surface area contributed by atoms with E-state index in [9.17, 15) is 14.4 Å². The van der Waals surface area contributed by atoms with Crippen LogP contribution in [0.25, 0.3) is 0 Å². The van der Waals surface area contributed by atoms with Gasteiger partial charge in [0.1, 0.15) is 0 Å². The van der Waals surface area contributed by atoms with Crippen molar-refractivity contribution in [3.63, 3.8) is 0 Å². The third kappa shape index (κ3) is 9.10. The SMILES string of the molecule is C=CC(=O)OOC(=O)CCC(=O)OCCCC. The smallest absolute Gasteiger partial charge is 0.378 e. The molecular formula is C11H16O6. The van der Waals surface area contributed by atoms with Gasteiger partial charge in [-0.25, -0.2) is 19.4 Å². The zero-order valence-electron chi connectivity index (χ0n) is 9.77. The van der Waals surface area contributed by atoms with Crippen molar-refractivity contribution < 1.29 is 28.9 Å². The number of rotatable bonds is 7. The van der Waals surface area contributed by atoms with Crippen molar-refractivity contribution in [2.45, 2.75) is 32.6 Å². The highest BCUT2D eigenvalue weighted by Gasteiger charge is 2.11. The standard InChI is InChI=1S/C11H16O6/c1-3-5-8-15-10(13)6-7-11(14)17-16-9(12)4-2/h4H,2-3,5-8H2,1H3. The molecule has 0 amide bonds. The molecule has 0 saturated carbocycles. The Morgan fingerprint density at radius 2 is 1.76 bits per heavy atom. The van der Waals surface area contributed by atoms with Gasteiger partial charge in [0.2, 0.25) is 0 Å². The molecule has 17 heavy (non-hydrogen) atoms. The van der Waals surface area contributed by atoms with Gasteiger partial charge in [0.05, 0.1) is 19.4 Å². The van der Waals surface area contributed by atoms with Gasteiger partial charge < -0.3 is 4.74 Å². The monoisotopic (exact) mass is 244 g/mol. The molecule has 0 aliphatic carbocycles. The number of ether oxygens (including phenoxy) is 1. The van der Waals surface area contributed by atoms with Gasteiger partial charge in [-0.2, -0.15) is 0 Å². The molecule has 0 fully saturated rings. The summed E-state index contributed by atoms with van der Waals surface area (Å²) in [6.45, 7) is 5.43. The van der Waals surface area contributed by atoms with Crippen LogP contribution in [-0.4, -0.2) is 24.5 Å². The van der Waals surface area contributed by atoms with Crippen molar-refractivity contribution in [3.8, 4) is 0 Å². The van der Waals surface area contributed by atoms with E-state index in [4.69, 9.17) is 4.74 Å². The van der Waals surface area contributed by atoms with E-state index in [-0.39, 0.29) is 12.8 Å². The highest BCUT2D eigenvalue weighted by atomic mass is 17.2. The van der Waals surface area contributed by atoms with Gasteiger partial charge in [-0.15, -0.1) is 0 Å². The molecule has 0 heterocycles. The van der Waals surface area contributed by atoms with E-state index < -0.39 is 17.9 Å². The summed E-state index contributed by atoms with van der Waals surface area (Å²) in [5, 5.41) is 0. The second kappa shape index (κ2) is 9.38. The molecule has 0 bridgehead atoms. The van der Waals surface area contributed by atoms with Crippen molar-refractivity contribution in [1.82, 2.24) is 0 Å². The minimum atomic E-state index is -0.871. The van der Waals surface area contributed by atoms with Crippen molar-refractivity contribution in [3.05, 3.63) is 12.7 Å². The maximum atomic E-state index is 11.1. The van der Waals surface area contributed by atoms with Crippen LogP contribution in [0.4, 0.5) is 0 Å². The summed E-state index contributed by atoms with van der Waals surface area (Å²) in [7, 11) is 0. The molecule has 0 radical (unpaired) electrons. The van der Waals surface area contributed by atoms with E-state index in [1.165, 1.54) is 0 Å². The molecule has 0 aromatic heterocycles. The summed E-state index contributed by atoms with van der Waals surface area (Å²) in [6, 6.07) is 0. The average Bonchev–Trinajstić information content (AvgIpc) is 2.33. The van der Waals surface area contributed by atoms with E-state index in [1.807, 2.05) is 6.92 Å². The Bertz CT molecular complexity index is 284. The number of esters is 1. The van der Waals surface area contributed by atoms with Crippen molar-refractivity contribution >= 4 is 17.9 Å². The number of hydrogen-bond acceptors (Lipinski definition) is 6. The molecule has 0 aliphatic heterocycles. The number of hydrogen-bond donors (Lipinski definition) is 0. The first-order chi connectivity index (χ1) is 8.10.